The third-order valence-electron chi connectivity index (χ3n) is 5.51. The molecule has 2 aromatic rings. The number of benzene rings is 2. The lowest BCUT2D eigenvalue weighted by Crippen LogP contribution is -2.48. The third-order valence-corrected chi connectivity index (χ3v) is 5.51. The van der Waals surface area contributed by atoms with Gasteiger partial charge in [-0.2, -0.15) is 13.2 Å². The number of halogens is 3. The van der Waals surface area contributed by atoms with Crippen molar-refractivity contribution in [3.63, 3.8) is 0 Å². The molecule has 3 rings (SSSR count). The Bertz CT molecular complexity index is 846. The first-order chi connectivity index (χ1) is 12.5. The van der Waals surface area contributed by atoms with E-state index in [2.05, 4.69) is 12.6 Å². The summed E-state index contributed by atoms with van der Waals surface area (Å²) < 4.78 is 44.8. The lowest BCUT2D eigenvalue weighted by atomic mass is 9.89. The number of fused-ring (bicyclic) bond motifs is 1. The first-order valence-electron chi connectivity index (χ1n) is 9.17. The highest BCUT2D eigenvalue weighted by Gasteiger charge is 2.52. The van der Waals surface area contributed by atoms with E-state index in [1.165, 1.54) is 0 Å². The van der Waals surface area contributed by atoms with Gasteiger partial charge in [0.25, 0.3) is 0 Å². The number of aliphatic hydroxyl groups is 1. The van der Waals surface area contributed by atoms with Gasteiger partial charge in [-0.05, 0) is 60.7 Å². The highest BCUT2D eigenvalue weighted by atomic mass is 19.4. The van der Waals surface area contributed by atoms with E-state index in [0.29, 0.717) is 12.8 Å². The molecule has 0 aliphatic heterocycles. The molecule has 1 atom stereocenters. The number of alkyl halides is 3. The molecular formula is C22H25F3O2. The van der Waals surface area contributed by atoms with Crippen molar-refractivity contribution in [2.45, 2.75) is 56.9 Å². The second-order valence-electron chi connectivity index (χ2n) is 7.82. The Hall–Kier alpha value is -1.85. The summed E-state index contributed by atoms with van der Waals surface area (Å²) in [4.78, 5) is 0. The molecular weight excluding hydrogens is 353 g/mol. The van der Waals surface area contributed by atoms with Crippen molar-refractivity contribution in [3.8, 4) is 0 Å². The zero-order valence-corrected chi connectivity index (χ0v) is 15.7. The summed E-state index contributed by atoms with van der Waals surface area (Å²) in [6.07, 6.45) is -1.65. The first kappa shape index (κ1) is 19.9. The van der Waals surface area contributed by atoms with E-state index in [4.69, 9.17) is 4.74 Å². The fourth-order valence-electron chi connectivity index (χ4n) is 3.62. The molecule has 0 heterocycles. The Balaban J connectivity index is 1.92. The van der Waals surface area contributed by atoms with E-state index in [-0.39, 0.29) is 0 Å². The maximum absolute atomic E-state index is 13.0. The largest absolute Gasteiger partial charge is 0.419 e. The molecule has 1 aliphatic carbocycles. The van der Waals surface area contributed by atoms with Gasteiger partial charge < -0.3 is 9.84 Å². The minimum absolute atomic E-state index is 0.649. The van der Waals surface area contributed by atoms with Gasteiger partial charge in [-0.15, -0.1) is 0 Å². The summed E-state index contributed by atoms with van der Waals surface area (Å²) in [6, 6.07) is 11.9. The molecule has 1 fully saturated rings. The van der Waals surface area contributed by atoms with Gasteiger partial charge in [0.05, 0.1) is 12.2 Å². The summed E-state index contributed by atoms with van der Waals surface area (Å²) in [5, 5.41) is 11.8. The molecule has 2 nitrogen and oxygen atoms in total. The van der Waals surface area contributed by atoms with Crippen LogP contribution in [-0.2, 0) is 10.3 Å². The number of hydrogen-bond donors (Lipinski definition) is 1. The van der Waals surface area contributed by atoms with Crippen LogP contribution in [0, 0.1) is 0 Å². The Morgan fingerprint density at radius 3 is 2.30 bits per heavy atom. The topological polar surface area (TPSA) is 29.5 Å². The summed E-state index contributed by atoms with van der Waals surface area (Å²) in [6.45, 7) is 5.89. The lowest BCUT2D eigenvalue weighted by Gasteiger charge is -2.35. The van der Waals surface area contributed by atoms with E-state index < -0.39 is 24.0 Å². The Morgan fingerprint density at radius 1 is 1.11 bits per heavy atom. The molecule has 1 aliphatic rings. The number of hydrogen-bond acceptors (Lipinski definition) is 2. The number of allylic oxidation sites excluding steroid dienone is 1. The van der Waals surface area contributed by atoms with Gasteiger partial charge in [0, 0.05) is 0 Å². The van der Waals surface area contributed by atoms with Crippen molar-refractivity contribution in [2.24, 2.45) is 0 Å². The van der Waals surface area contributed by atoms with Crippen LogP contribution >= 0.6 is 0 Å². The quantitative estimate of drug-likeness (QED) is 0.694. The third kappa shape index (κ3) is 3.90. The Labute approximate surface area is 157 Å². The molecule has 0 aromatic heterocycles. The van der Waals surface area contributed by atoms with Gasteiger partial charge >= 0.3 is 6.18 Å². The average Bonchev–Trinajstić information content (AvgIpc) is 3.08. The summed E-state index contributed by atoms with van der Waals surface area (Å²) >= 11 is 0. The normalized spacial score (nSPS) is 19.2. The van der Waals surface area contributed by atoms with Crippen LogP contribution in [0.4, 0.5) is 13.2 Å². The minimum Gasteiger partial charge on any atom is -0.379 e. The smallest absolute Gasteiger partial charge is 0.379 e. The van der Waals surface area contributed by atoms with Crippen LogP contribution in [0.2, 0.25) is 0 Å². The average molecular weight is 378 g/mol. The van der Waals surface area contributed by atoms with Crippen molar-refractivity contribution in [2.75, 3.05) is 6.61 Å². The number of ether oxygens (including phenoxy) is 1. The SMILES string of the molecule is C=C(C)c1ccc2cc(C3(OCC(C)(O)C(F)(F)F)CCCC3)ccc2c1. The molecule has 27 heavy (non-hydrogen) atoms. The van der Waals surface area contributed by atoms with Crippen LogP contribution in [-0.4, -0.2) is 23.5 Å². The van der Waals surface area contributed by atoms with Crippen molar-refractivity contribution < 1.29 is 23.0 Å². The molecule has 2 aromatic carbocycles. The molecule has 1 N–H and O–H groups in total. The van der Waals surface area contributed by atoms with Crippen molar-refractivity contribution >= 4 is 16.3 Å². The van der Waals surface area contributed by atoms with E-state index in [0.717, 1.165) is 47.2 Å². The minimum atomic E-state index is -4.73. The summed E-state index contributed by atoms with van der Waals surface area (Å²) in [7, 11) is 0. The highest BCUT2D eigenvalue weighted by molar-refractivity contribution is 5.86. The van der Waals surface area contributed by atoms with Gasteiger partial charge in [0.2, 0.25) is 0 Å². The van der Waals surface area contributed by atoms with Crippen LogP contribution in [0.1, 0.15) is 50.7 Å². The van der Waals surface area contributed by atoms with Gasteiger partial charge in [-0.3, -0.25) is 0 Å². The van der Waals surface area contributed by atoms with Crippen LogP contribution in [0.3, 0.4) is 0 Å². The van der Waals surface area contributed by atoms with E-state index in [1.807, 2.05) is 37.3 Å². The molecule has 0 amide bonds. The van der Waals surface area contributed by atoms with Gasteiger partial charge in [0.15, 0.2) is 5.60 Å². The van der Waals surface area contributed by atoms with Crippen LogP contribution in [0.5, 0.6) is 0 Å². The second kappa shape index (κ2) is 6.95. The van der Waals surface area contributed by atoms with Crippen molar-refractivity contribution in [3.05, 3.63) is 54.1 Å². The Kier molecular flexibility index (Phi) is 5.12. The van der Waals surface area contributed by atoms with E-state index >= 15 is 0 Å². The van der Waals surface area contributed by atoms with Crippen LogP contribution in [0.15, 0.2) is 43.0 Å². The predicted octanol–water partition coefficient (Wildman–Crippen LogP) is 5.97. The molecule has 0 spiro atoms. The summed E-state index contributed by atoms with van der Waals surface area (Å²) in [5.41, 5.74) is -0.741. The van der Waals surface area contributed by atoms with E-state index in [9.17, 15) is 18.3 Å². The molecule has 1 saturated carbocycles. The van der Waals surface area contributed by atoms with E-state index in [1.54, 1.807) is 0 Å². The molecule has 0 bridgehead atoms. The fourth-order valence-corrected chi connectivity index (χ4v) is 3.62. The molecule has 1 unspecified atom stereocenters. The van der Waals surface area contributed by atoms with Crippen molar-refractivity contribution in [1.29, 1.82) is 0 Å². The zero-order valence-electron chi connectivity index (χ0n) is 15.7. The molecule has 5 heteroatoms. The maximum atomic E-state index is 13.0. The molecule has 0 saturated heterocycles. The maximum Gasteiger partial charge on any atom is 0.419 e. The predicted molar refractivity (Wildman–Crippen MR) is 101 cm³/mol. The molecule has 0 radical (unpaired) electrons. The zero-order chi connectivity index (χ0) is 19.9. The standard InChI is InChI=1S/C22H25F3O2/c1-15(2)16-6-7-18-13-19(9-8-17(18)12-16)21(10-4-5-11-21)27-14-20(3,26)22(23,24)25/h6-9,12-13,26H,1,4-5,10-11,14H2,2-3H3. The van der Waals surface area contributed by atoms with Gasteiger partial charge in [0.1, 0.15) is 0 Å². The van der Waals surface area contributed by atoms with Crippen molar-refractivity contribution in [1.82, 2.24) is 0 Å². The fraction of sp³-hybridized carbons (Fsp3) is 0.455. The van der Waals surface area contributed by atoms with Gasteiger partial charge in [-0.25, -0.2) is 0 Å². The molecule has 146 valence electrons. The van der Waals surface area contributed by atoms with Crippen LogP contribution in [0.25, 0.3) is 16.3 Å². The monoisotopic (exact) mass is 378 g/mol. The van der Waals surface area contributed by atoms with Crippen LogP contribution < -0.4 is 0 Å². The highest BCUT2D eigenvalue weighted by Crippen LogP contribution is 2.44. The lowest BCUT2D eigenvalue weighted by molar-refractivity contribution is -0.278. The second-order valence-corrected chi connectivity index (χ2v) is 7.82. The first-order valence-corrected chi connectivity index (χ1v) is 9.17. The number of rotatable bonds is 5. The van der Waals surface area contributed by atoms with Gasteiger partial charge in [-0.1, -0.05) is 49.3 Å². The summed E-state index contributed by atoms with van der Waals surface area (Å²) in [5.74, 6) is 0. The Morgan fingerprint density at radius 2 is 1.70 bits per heavy atom.